The van der Waals surface area contributed by atoms with E-state index in [0.717, 1.165) is 24.7 Å². The van der Waals surface area contributed by atoms with E-state index in [4.69, 9.17) is 5.73 Å². The van der Waals surface area contributed by atoms with Crippen LogP contribution in [0.3, 0.4) is 0 Å². The van der Waals surface area contributed by atoms with Crippen LogP contribution in [0.25, 0.3) is 0 Å². The SMILES string of the molecule is Cc1cc(Br)ccc1Br.Cc1cc(Br)ccc1N. The Morgan fingerprint density at radius 2 is 1.28 bits per heavy atom. The van der Waals surface area contributed by atoms with E-state index in [0.29, 0.717) is 0 Å². The van der Waals surface area contributed by atoms with Crippen molar-refractivity contribution in [2.24, 2.45) is 0 Å². The lowest BCUT2D eigenvalue weighted by Crippen LogP contribution is -1.87. The maximum atomic E-state index is 5.57. The van der Waals surface area contributed by atoms with Gasteiger partial charge >= 0.3 is 0 Å². The van der Waals surface area contributed by atoms with Crippen LogP contribution < -0.4 is 5.73 Å². The summed E-state index contributed by atoms with van der Waals surface area (Å²) in [5, 5.41) is 0. The summed E-state index contributed by atoms with van der Waals surface area (Å²) in [6, 6.07) is 11.9. The zero-order valence-corrected chi connectivity index (χ0v) is 14.9. The maximum absolute atomic E-state index is 5.57. The van der Waals surface area contributed by atoms with Gasteiger partial charge in [0.2, 0.25) is 0 Å². The largest absolute Gasteiger partial charge is 0.399 e. The smallest absolute Gasteiger partial charge is 0.0344 e. The van der Waals surface area contributed by atoms with E-state index in [1.165, 1.54) is 5.56 Å². The zero-order valence-electron chi connectivity index (χ0n) is 10.2. The van der Waals surface area contributed by atoms with Crippen molar-refractivity contribution in [3.63, 3.8) is 0 Å². The molecular weight excluding hydrogens is 422 g/mol. The summed E-state index contributed by atoms with van der Waals surface area (Å²) < 4.78 is 3.36. The first kappa shape index (κ1) is 15.7. The van der Waals surface area contributed by atoms with Crippen LogP contribution in [0.5, 0.6) is 0 Å². The quantitative estimate of drug-likeness (QED) is 0.515. The highest BCUT2D eigenvalue weighted by molar-refractivity contribution is 9.11. The standard InChI is InChI=1S/C7H6Br2.C7H8BrN/c2*1-5-4-6(8)2-3-7(5)9/h2-4H,1H3;2-4H,9H2,1H3. The predicted octanol–water partition coefficient (Wildman–Crippen LogP) is 5.86. The van der Waals surface area contributed by atoms with Crippen molar-refractivity contribution in [1.29, 1.82) is 0 Å². The molecule has 0 spiro atoms. The highest BCUT2D eigenvalue weighted by Crippen LogP contribution is 2.19. The molecule has 0 unspecified atom stereocenters. The fourth-order valence-electron chi connectivity index (χ4n) is 1.25. The van der Waals surface area contributed by atoms with Gasteiger partial charge in [0.05, 0.1) is 0 Å². The van der Waals surface area contributed by atoms with Crippen LogP contribution in [0.4, 0.5) is 5.69 Å². The molecule has 18 heavy (non-hydrogen) atoms. The van der Waals surface area contributed by atoms with Crippen LogP contribution in [-0.2, 0) is 0 Å². The number of rotatable bonds is 0. The maximum Gasteiger partial charge on any atom is 0.0344 e. The molecule has 2 N–H and O–H groups in total. The molecule has 0 atom stereocenters. The normalized spacial score (nSPS) is 9.61. The van der Waals surface area contributed by atoms with E-state index in [1.54, 1.807) is 0 Å². The number of hydrogen-bond acceptors (Lipinski definition) is 1. The van der Waals surface area contributed by atoms with Crippen LogP contribution >= 0.6 is 47.8 Å². The van der Waals surface area contributed by atoms with Gasteiger partial charge in [-0.2, -0.15) is 0 Å². The minimum absolute atomic E-state index is 0.846. The molecule has 0 bridgehead atoms. The molecule has 2 aromatic rings. The van der Waals surface area contributed by atoms with Crippen molar-refractivity contribution in [3.05, 3.63) is 60.9 Å². The van der Waals surface area contributed by atoms with Gasteiger partial charge in [-0.1, -0.05) is 47.8 Å². The first-order valence-corrected chi connectivity index (χ1v) is 7.71. The summed E-state index contributed by atoms with van der Waals surface area (Å²) in [6.45, 7) is 4.05. The predicted molar refractivity (Wildman–Crippen MR) is 89.9 cm³/mol. The molecular formula is C14H14Br3N. The number of aryl methyl sites for hydroxylation is 2. The third-order valence-electron chi connectivity index (χ3n) is 2.35. The first-order chi connectivity index (χ1) is 8.40. The van der Waals surface area contributed by atoms with E-state index < -0.39 is 0 Å². The molecule has 1 nitrogen and oxygen atoms in total. The van der Waals surface area contributed by atoms with Crippen molar-refractivity contribution >= 4 is 53.5 Å². The number of nitrogens with two attached hydrogens (primary N) is 1. The van der Waals surface area contributed by atoms with Gasteiger partial charge in [0.1, 0.15) is 0 Å². The minimum atomic E-state index is 0.846. The molecule has 2 aromatic carbocycles. The lowest BCUT2D eigenvalue weighted by molar-refractivity contribution is 1.41. The lowest BCUT2D eigenvalue weighted by Gasteiger charge is -1.97. The van der Waals surface area contributed by atoms with Gasteiger partial charge in [0.15, 0.2) is 0 Å². The minimum Gasteiger partial charge on any atom is -0.399 e. The van der Waals surface area contributed by atoms with E-state index in [-0.39, 0.29) is 0 Å². The molecule has 0 aliphatic heterocycles. The van der Waals surface area contributed by atoms with E-state index in [1.807, 2.05) is 37.3 Å². The highest BCUT2D eigenvalue weighted by Gasteiger charge is 1.92. The van der Waals surface area contributed by atoms with Gasteiger partial charge in [-0.3, -0.25) is 0 Å². The molecule has 0 fully saturated rings. The fourth-order valence-corrected chi connectivity index (χ4v) is 2.44. The Hall–Kier alpha value is -0.320. The monoisotopic (exact) mass is 433 g/mol. The van der Waals surface area contributed by atoms with Gasteiger partial charge < -0.3 is 5.73 Å². The summed E-state index contributed by atoms with van der Waals surface area (Å²) in [4.78, 5) is 0. The number of benzene rings is 2. The molecule has 0 saturated heterocycles. The van der Waals surface area contributed by atoms with E-state index >= 15 is 0 Å². The second-order valence-electron chi connectivity index (χ2n) is 3.89. The topological polar surface area (TPSA) is 26.0 Å². The van der Waals surface area contributed by atoms with Gasteiger partial charge in [-0.05, 0) is 61.4 Å². The van der Waals surface area contributed by atoms with Gasteiger partial charge in [-0.25, -0.2) is 0 Å². The van der Waals surface area contributed by atoms with Crippen LogP contribution in [0, 0.1) is 13.8 Å². The molecule has 0 aliphatic carbocycles. The number of halogens is 3. The van der Waals surface area contributed by atoms with Crippen LogP contribution in [-0.4, -0.2) is 0 Å². The summed E-state index contributed by atoms with van der Waals surface area (Å²) in [5.74, 6) is 0. The van der Waals surface area contributed by atoms with Crippen molar-refractivity contribution in [2.45, 2.75) is 13.8 Å². The molecule has 0 radical (unpaired) electrons. The van der Waals surface area contributed by atoms with E-state index in [9.17, 15) is 0 Å². The van der Waals surface area contributed by atoms with Crippen molar-refractivity contribution in [3.8, 4) is 0 Å². The third kappa shape index (κ3) is 5.12. The summed E-state index contributed by atoms with van der Waals surface area (Å²) in [7, 11) is 0. The molecule has 96 valence electrons. The second-order valence-corrected chi connectivity index (χ2v) is 6.58. The molecule has 4 heteroatoms. The summed E-state index contributed by atoms with van der Waals surface area (Å²) >= 11 is 10.1. The van der Waals surface area contributed by atoms with Gasteiger partial charge in [0, 0.05) is 19.1 Å². The van der Waals surface area contributed by atoms with Crippen molar-refractivity contribution < 1.29 is 0 Å². The van der Waals surface area contributed by atoms with Gasteiger partial charge in [0.25, 0.3) is 0 Å². The molecule has 0 saturated carbocycles. The Kier molecular flexibility index (Phi) is 6.39. The average molecular weight is 436 g/mol. The third-order valence-corrected chi connectivity index (χ3v) is 4.23. The van der Waals surface area contributed by atoms with Gasteiger partial charge in [-0.15, -0.1) is 0 Å². The Labute approximate surface area is 133 Å². The zero-order chi connectivity index (χ0) is 13.7. The molecule has 2 rings (SSSR count). The average Bonchev–Trinajstić information content (AvgIpc) is 2.30. The molecule has 0 aromatic heterocycles. The molecule has 0 heterocycles. The summed E-state index contributed by atoms with van der Waals surface area (Å²) in [5.41, 5.74) is 8.78. The molecule has 0 aliphatic rings. The van der Waals surface area contributed by atoms with Crippen molar-refractivity contribution in [2.75, 3.05) is 5.73 Å². The Balaban J connectivity index is 0.000000180. The van der Waals surface area contributed by atoms with Crippen LogP contribution in [0.1, 0.15) is 11.1 Å². The Bertz CT molecular complexity index is 489. The lowest BCUT2D eigenvalue weighted by atomic mass is 10.2. The summed E-state index contributed by atoms with van der Waals surface area (Å²) in [6.07, 6.45) is 0. The first-order valence-electron chi connectivity index (χ1n) is 5.33. The van der Waals surface area contributed by atoms with Crippen molar-refractivity contribution in [1.82, 2.24) is 0 Å². The number of nitrogen functional groups attached to an aromatic ring is 1. The Morgan fingerprint density at radius 1 is 0.778 bits per heavy atom. The van der Waals surface area contributed by atoms with Crippen LogP contribution in [0.15, 0.2) is 49.8 Å². The second kappa shape index (κ2) is 7.31. The highest BCUT2D eigenvalue weighted by atomic mass is 79.9. The van der Waals surface area contributed by atoms with E-state index in [2.05, 4.69) is 60.8 Å². The number of anilines is 1. The fraction of sp³-hybridized carbons (Fsp3) is 0.143. The number of hydrogen-bond donors (Lipinski definition) is 1. The Morgan fingerprint density at radius 3 is 1.67 bits per heavy atom. The molecule has 0 amide bonds. The van der Waals surface area contributed by atoms with Crippen LogP contribution in [0.2, 0.25) is 0 Å².